The van der Waals surface area contributed by atoms with Gasteiger partial charge in [-0.1, -0.05) is 6.07 Å². The summed E-state index contributed by atoms with van der Waals surface area (Å²) in [5, 5.41) is 3.72. The molecule has 0 unspecified atom stereocenters. The van der Waals surface area contributed by atoms with Crippen LogP contribution in [0, 0.1) is 6.92 Å². The number of esters is 1. The van der Waals surface area contributed by atoms with E-state index in [1.54, 1.807) is 36.4 Å². The van der Waals surface area contributed by atoms with Gasteiger partial charge in [0.2, 0.25) is 0 Å². The Bertz CT molecular complexity index is 918. The Morgan fingerprint density at radius 2 is 1.67 bits per heavy atom. The van der Waals surface area contributed by atoms with Crippen molar-refractivity contribution in [3.63, 3.8) is 0 Å². The van der Waals surface area contributed by atoms with E-state index in [1.807, 2.05) is 25.1 Å². The molecule has 1 aromatic heterocycles. The summed E-state index contributed by atoms with van der Waals surface area (Å²) in [6.07, 6.45) is 0. The molecule has 0 spiro atoms. The zero-order valence-electron chi connectivity index (χ0n) is 13.4. The molecule has 0 bridgehead atoms. The van der Waals surface area contributed by atoms with Crippen molar-refractivity contribution in [2.45, 2.75) is 6.92 Å². The largest absolute Gasteiger partial charge is 0.465 e. The minimum absolute atomic E-state index is 0.219. The van der Waals surface area contributed by atoms with E-state index in [1.165, 1.54) is 7.11 Å². The third-order valence-corrected chi connectivity index (χ3v) is 3.65. The van der Waals surface area contributed by atoms with Crippen LogP contribution >= 0.6 is 0 Å². The minimum atomic E-state index is -0.412. The van der Waals surface area contributed by atoms with Crippen molar-refractivity contribution in [1.29, 1.82) is 0 Å². The molecular weight excluding hydrogens is 304 g/mol. The topological polar surface area (TPSA) is 68.3 Å². The van der Waals surface area contributed by atoms with Crippen molar-refractivity contribution >= 4 is 28.5 Å². The second-order valence-corrected chi connectivity index (χ2v) is 5.38. The van der Waals surface area contributed by atoms with Crippen LogP contribution in [0.15, 0.2) is 54.6 Å². The standard InChI is InChI=1S/C19H16N2O3/c1-12-3-4-14-11-15(7-10-17(14)20-12)18(22)21-16-8-5-13(6-9-16)19(23)24-2/h3-11H,1-2H3,(H,21,22). The normalized spacial score (nSPS) is 10.4. The first-order valence-corrected chi connectivity index (χ1v) is 7.44. The van der Waals surface area contributed by atoms with Crippen molar-refractivity contribution in [3.05, 3.63) is 71.4 Å². The number of carbonyl (C=O) groups is 2. The average molecular weight is 320 g/mol. The van der Waals surface area contributed by atoms with Crippen molar-refractivity contribution < 1.29 is 14.3 Å². The molecule has 3 aromatic rings. The number of carbonyl (C=O) groups excluding carboxylic acids is 2. The van der Waals surface area contributed by atoms with Crippen molar-refractivity contribution in [3.8, 4) is 0 Å². The first-order chi connectivity index (χ1) is 11.6. The van der Waals surface area contributed by atoms with Gasteiger partial charge in [0, 0.05) is 22.3 Å². The molecule has 2 aromatic carbocycles. The molecule has 0 saturated carbocycles. The highest BCUT2D eigenvalue weighted by Crippen LogP contribution is 2.17. The quantitative estimate of drug-likeness (QED) is 0.749. The van der Waals surface area contributed by atoms with Gasteiger partial charge >= 0.3 is 5.97 Å². The van der Waals surface area contributed by atoms with Crippen LogP contribution < -0.4 is 5.32 Å². The number of hydrogen-bond donors (Lipinski definition) is 1. The van der Waals surface area contributed by atoms with E-state index in [2.05, 4.69) is 15.0 Å². The number of rotatable bonds is 3. The van der Waals surface area contributed by atoms with Gasteiger partial charge in [-0.15, -0.1) is 0 Å². The Labute approximate surface area is 139 Å². The van der Waals surface area contributed by atoms with Gasteiger partial charge in [-0.3, -0.25) is 9.78 Å². The molecular formula is C19H16N2O3. The third-order valence-electron chi connectivity index (χ3n) is 3.65. The summed E-state index contributed by atoms with van der Waals surface area (Å²) in [6, 6.07) is 15.8. The lowest BCUT2D eigenvalue weighted by atomic mass is 10.1. The van der Waals surface area contributed by atoms with Crippen molar-refractivity contribution in [1.82, 2.24) is 4.98 Å². The van der Waals surface area contributed by atoms with Gasteiger partial charge in [0.15, 0.2) is 0 Å². The second-order valence-electron chi connectivity index (χ2n) is 5.38. The molecule has 0 aliphatic heterocycles. The van der Waals surface area contributed by atoms with E-state index >= 15 is 0 Å². The van der Waals surface area contributed by atoms with Crippen LogP contribution in [0.1, 0.15) is 26.4 Å². The first-order valence-electron chi connectivity index (χ1n) is 7.44. The fourth-order valence-corrected chi connectivity index (χ4v) is 2.38. The number of hydrogen-bond acceptors (Lipinski definition) is 4. The van der Waals surface area contributed by atoms with Gasteiger partial charge in [0.1, 0.15) is 0 Å². The maximum absolute atomic E-state index is 12.4. The molecule has 0 atom stereocenters. The highest BCUT2D eigenvalue weighted by Gasteiger charge is 2.09. The molecule has 3 rings (SSSR count). The number of aryl methyl sites for hydroxylation is 1. The lowest BCUT2D eigenvalue weighted by Crippen LogP contribution is -2.12. The summed E-state index contributed by atoms with van der Waals surface area (Å²) < 4.78 is 4.64. The average Bonchev–Trinajstić information content (AvgIpc) is 2.61. The van der Waals surface area contributed by atoms with Gasteiger partial charge in [0.25, 0.3) is 5.91 Å². The van der Waals surface area contributed by atoms with Crippen molar-refractivity contribution in [2.24, 2.45) is 0 Å². The van der Waals surface area contributed by atoms with E-state index in [4.69, 9.17) is 0 Å². The predicted octanol–water partition coefficient (Wildman–Crippen LogP) is 3.58. The smallest absolute Gasteiger partial charge is 0.337 e. The predicted molar refractivity (Wildman–Crippen MR) is 92.2 cm³/mol. The Morgan fingerprint density at radius 3 is 2.38 bits per heavy atom. The van der Waals surface area contributed by atoms with Crippen molar-refractivity contribution in [2.75, 3.05) is 12.4 Å². The van der Waals surface area contributed by atoms with Crippen LogP contribution in [0.4, 0.5) is 5.69 Å². The molecule has 5 nitrogen and oxygen atoms in total. The van der Waals surface area contributed by atoms with Gasteiger partial charge in [-0.25, -0.2) is 4.79 Å². The summed E-state index contributed by atoms with van der Waals surface area (Å²) >= 11 is 0. The highest BCUT2D eigenvalue weighted by molar-refractivity contribution is 6.06. The van der Waals surface area contributed by atoms with E-state index in [0.717, 1.165) is 16.6 Å². The zero-order chi connectivity index (χ0) is 17.1. The van der Waals surface area contributed by atoms with Crippen LogP contribution in [-0.4, -0.2) is 24.0 Å². The number of fused-ring (bicyclic) bond motifs is 1. The van der Waals surface area contributed by atoms with E-state index in [0.29, 0.717) is 16.8 Å². The zero-order valence-corrected chi connectivity index (χ0v) is 13.4. The van der Waals surface area contributed by atoms with Crippen LogP contribution in [-0.2, 0) is 4.74 Å². The molecule has 1 heterocycles. The van der Waals surface area contributed by atoms with E-state index in [9.17, 15) is 9.59 Å². The fourth-order valence-electron chi connectivity index (χ4n) is 2.38. The number of methoxy groups -OCH3 is 1. The Balaban J connectivity index is 1.79. The monoisotopic (exact) mass is 320 g/mol. The Hall–Kier alpha value is -3.21. The van der Waals surface area contributed by atoms with Crippen LogP contribution in [0.5, 0.6) is 0 Å². The van der Waals surface area contributed by atoms with E-state index in [-0.39, 0.29) is 5.91 Å². The number of benzene rings is 2. The SMILES string of the molecule is COC(=O)c1ccc(NC(=O)c2ccc3nc(C)ccc3c2)cc1. The Morgan fingerprint density at radius 1 is 0.958 bits per heavy atom. The second kappa shape index (κ2) is 6.50. The maximum atomic E-state index is 12.4. The molecule has 1 amide bonds. The molecule has 0 fully saturated rings. The number of pyridine rings is 1. The molecule has 120 valence electrons. The molecule has 5 heteroatoms. The third kappa shape index (κ3) is 3.25. The lowest BCUT2D eigenvalue weighted by Gasteiger charge is -2.07. The van der Waals surface area contributed by atoms with Gasteiger partial charge in [0.05, 0.1) is 18.2 Å². The molecule has 24 heavy (non-hydrogen) atoms. The lowest BCUT2D eigenvalue weighted by molar-refractivity contribution is 0.0600. The summed E-state index contributed by atoms with van der Waals surface area (Å²) in [7, 11) is 1.33. The van der Waals surface area contributed by atoms with Crippen LogP contribution in [0.3, 0.4) is 0 Å². The fraction of sp³-hybridized carbons (Fsp3) is 0.105. The minimum Gasteiger partial charge on any atom is -0.465 e. The number of ether oxygens (including phenoxy) is 1. The van der Waals surface area contributed by atoms with Crippen LogP contribution in [0.2, 0.25) is 0 Å². The van der Waals surface area contributed by atoms with E-state index < -0.39 is 5.97 Å². The number of nitrogens with zero attached hydrogens (tertiary/aromatic N) is 1. The maximum Gasteiger partial charge on any atom is 0.337 e. The van der Waals surface area contributed by atoms with Gasteiger partial charge in [-0.2, -0.15) is 0 Å². The number of aromatic nitrogens is 1. The molecule has 0 saturated heterocycles. The van der Waals surface area contributed by atoms with Crippen LogP contribution in [0.25, 0.3) is 10.9 Å². The number of amides is 1. The number of anilines is 1. The summed E-state index contributed by atoms with van der Waals surface area (Å²) in [5.41, 5.74) is 3.38. The van der Waals surface area contributed by atoms with Gasteiger partial charge < -0.3 is 10.1 Å². The molecule has 0 aliphatic rings. The van der Waals surface area contributed by atoms with Gasteiger partial charge in [-0.05, 0) is 55.5 Å². The molecule has 0 aliphatic carbocycles. The highest BCUT2D eigenvalue weighted by atomic mass is 16.5. The molecule has 0 radical (unpaired) electrons. The summed E-state index contributed by atoms with van der Waals surface area (Å²) in [6.45, 7) is 1.93. The first kappa shape index (κ1) is 15.7. The summed E-state index contributed by atoms with van der Waals surface area (Å²) in [4.78, 5) is 28.2. The molecule has 1 N–H and O–H groups in total. The number of nitrogens with one attached hydrogen (secondary N) is 1. The Kier molecular flexibility index (Phi) is 4.24. The summed E-state index contributed by atoms with van der Waals surface area (Å²) in [5.74, 6) is -0.631.